The van der Waals surface area contributed by atoms with Crippen molar-refractivity contribution < 1.29 is 24.2 Å². The summed E-state index contributed by atoms with van der Waals surface area (Å²) in [6.07, 6.45) is 1.32. The van der Waals surface area contributed by atoms with E-state index < -0.39 is 12.1 Å². The summed E-state index contributed by atoms with van der Waals surface area (Å²) in [5.41, 5.74) is 4.68. The molecule has 4 rings (SSSR count). The van der Waals surface area contributed by atoms with E-state index in [2.05, 4.69) is 29.6 Å². The number of ether oxygens (including phenoxy) is 1. The van der Waals surface area contributed by atoms with E-state index in [1.807, 2.05) is 38.1 Å². The molecule has 186 valence electrons. The number of rotatable bonds is 9. The van der Waals surface area contributed by atoms with Crippen molar-refractivity contribution in [3.8, 4) is 11.1 Å². The molecule has 2 unspecified atom stereocenters. The highest BCUT2D eigenvalue weighted by Gasteiger charge is 2.32. The average Bonchev–Trinajstić information content (AvgIpc) is 3.42. The zero-order chi connectivity index (χ0) is 24.9. The summed E-state index contributed by atoms with van der Waals surface area (Å²) < 4.78 is 5.62. The number of hydrogen-bond acceptors (Lipinski definition) is 4. The molecule has 2 N–H and O–H groups in total. The molecule has 1 aliphatic carbocycles. The number of benzene rings is 2. The van der Waals surface area contributed by atoms with Crippen LogP contribution in [0.5, 0.6) is 0 Å². The minimum absolute atomic E-state index is 0.00282. The highest BCUT2D eigenvalue weighted by Crippen LogP contribution is 2.44. The maximum Gasteiger partial charge on any atom is 0.407 e. The van der Waals surface area contributed by atoms with E-state index in [0.29, 0.717) is 13.1 Å². The predicted octanol–water partition coefficient (Wildman–Crippen LogP) is 4.65. The predicted molar refractivity (Wildman–Crippen MR) is 133 cm³/mol. The monoisotopic (exact) mass is 478 g/mol. The van der Waals surface area contributed by atoms with Crippen molar-refractivity contribution in [3.63, 3.8) is 0 Å². The number of carboxylic acids is 1. The van der Waals surface area contributed by atoms with Gasteiger partial charge in [0.05, 0.1) is 6.42 Å². The fraction of sp³-hybridized carbons (Fsp3) is 0.464. The minimum Gasteiger partial charge on any atom is -0.481 e. The number of nitrogens with one attached hydrogen (secondary N) is 1. The Balaban J connectivity index is 1.31. The Hall–Kier alpha value is -3.35. The molecule has 0 spiro atoms. The van der Waals surface area contributed by atoms with E-state index >= 15 is 0 Å². The Bertz CT molecular complexity index is 1040. The van der Waals surface area contributed by atoms with Gasteiger partial charge in [-0.15, -0.1) is 0 Å². The molecule has 1 aliphatic heterocycles. The van der Waals surface area contributed by atoms with Gasteiger partial charge in [-0.1, -0.05) is 62.4 Å². The molecule has 35 heavy (non-hydrogen) atoms. The van der Waals surface area contributed by atoms with Crippen molar-refractivity contribution >= 4 is 18.0 Å². The van der Waals surface area contributed by atoms with Crippen LogP contribution in [0.4, 0.5) is 4.79 Å². The fourth-order valence-corrected chi connectivity index (χ4v) is 5.33. The molecular formula is C28H34N2O5. The highest BCUT2D eigenvalue weighted by molar-refractivity contribution is 5.79. The number of carboxylic acid groups (broad SMARTS) is 1. The van der Waals surface area contributed by atoms with Crippen LogP contribution in [0.25, 0.3) is 11.1 Å². The van der Waals surface area contributed by atoms with Gasteiger partial charge in [-0.2, -0.15) is 0 Å². The Morgan fingerprint density at radius 1 is 1.06 bits per heavy atom. The molecular weight excluding hydrogens is 444 g/mol. The number of nitrogens with zero attached hydrogens (tertiary/aromatic N) is 1. The van der Waals surface area contributed by atoms with Crippen LogP contribution in [-0.4, -0.2) is 53.7 Å². The van der Waals surface area contributed by atoms with Crippen LogP contribution in [0, 0.1) is 11.8 Å². The van der Waals surface area contributed by atoms with Gasteiger partial charge in [-0.05, 0) is 46.9 Å². The number of aliphatic carboxylic acids is 1. The fourth-order valence-electron chi connectivity index (χ4n) is 5.33. The molecule has 0 saturated carbocycles. The summed E-state index contributed by atoms with van der Waals surface area (Å²) in [7, 11) is 0. The molecule has 1 fully saturated rings. The van der Waals surface area contributed by atoms with Crippen LogP contribution in [0.1, 0.15) is 56.6 Å². The summed E-state index contributed by atoms with van der Waals surface area (Å²) in [5, 5.41) is 12.0. The molecule has 0 bridgehead atoms. The molecule has 2 aliphatic rings. The number of fused-ring (bicyclic) bond motifs is 3. The van der Waals surface area contributed by atoms with E-state index in [1.165, 1.54) is 11.1 Å². The largest absolute Gasteiger partial charge is 0.481 e. The van der Waals surface area contributed by atoms with Crippen molar-refractivity contribution in [1.29, 1.82) is 0 Å². The molecule has 7 heteroatoms. The van der Waals surface area contributed by atoms with Gasteiger partial charge < -0.3 is 20.1 Å². The van der Waals surface area contributed by atoms with Crippen LogP contribution in [0.3, 0.4) is 0 Å². The van der Waals surface area contributed by atoms with Crippen LogP contribution in [0.15, 0.2) is 48.5 Å². The Morgan fingerprint density at radius 2 is 1.69 bits per heavy atom. The zero-order valence-electron chi connectivity index (χ0n) is 20.4. The van der Waals surface area contributed by atoms with Crippen LogP contribution < -0.4 is 5.32 Å². The second-order valence-electron chi connectivity index (χ2n) is 9.90. The molecule has 0 radical (unpaired) electrons. The zero-order valence-corrected chi connectivity index (χ0v) is 20.4. The van der Waals surface area contributed by atoms with Gasteiger partial charge in [0.25, 0.3) is 0 Å². The van der Waals surface area contributed by atoms with Crippen molar-refractivity contribution in [2.75, 3.05) is 19.7 Å². The first-order chi connectivity index (χ1) is 16.8. The van der Waals surface area contributed by atoms with Crippen molar-refractivity contribution in [1.82, 2.24) is 10.2 Å². The molecule has 1 heterocycles. The van der Waals surface area contributed by atoms with Gasteiger partial charge in [0.15, 0.2) is 0 Å². The number of amides is 2. The summed E-state index contributed by atoms with van der Waals surface area (Å²) in [6, 6.07) is 16.2. The van der Waals surface area contributed by atoms with Crippen LogP contribution in [-0.2, 0) is 14.3 Å². The van der Waals surface area contributed by atoms with Crippen molar-refractivity contribution in [2.45, 2.75) is 51.5 Å². The molecule has 7 nitrogen and oxygen atoms in total. The molecule has 2 amide bonds. The van der Waals surface area contributed by atoms with Crippen molar-refractivity contribution in [2.24, 2.45) is 11.8 Å². The van der Waals surface area contributed by atoms with Gasteiger partial charge in [0, 0.05) is 31.5 Å². The quantitative estimate of drug-likeness (QED) is 0.547. The third kappa shape index (κ3) is 5.66. The normalized spacial score (nSPS) is 17.7. The van der Waals surface area contributed by atoms with Gasteiger partial charge in [-0.3, -0.25) is 9.59 Å². The molecule has 0 aromatic heterocycles. The maximum absolute atomic E-state index is 12.9. The van der Waals surface area contributed by atoms with Gasteiger partial charge in [0.2, 0.25) is 5.91 Å². The second kappa shape index (κ2) is 10.9. The summed E-state index contributed by atoms with van der Waals surface area (Å²) in [5.74, 6) is -0.812. The first kappa shape index (κ1) is 24.8. The minimum atomic E-state index is -0.882. The van der Waals surface area contributed by atoms with Crippen LogP contribution >= 0.6 is 0 Å². The van der Waals surface area contributed by atoms with Gasteiger partial charge in [0.1, 0.15) is 6.61 Å². The number of alkyl carbamates (subject to hydrolysis) is 1. The lowest BCUT2D eigenvalue weighted by Gasteiger charge is -2.27. The first-order valence-corrected chi connectivity index (χ1v) is 12.4. The summed E-state index contributed by atoms with van der Waals surface area (Å²) in [6.45, 7) is 5.22. The van der Waals surface area contributed by atoms with E-state index in [0.717, 1.165) is 24.0 Å². The van der Waals surface area contributed by atoms with E-state index in [1.54, 1.807) is 4.90 Å². The maximum atomic E-state index is 12.9. The van der Waals surface area contributed by atoms with E-state index in [9.17, 15) is 14.4 Å². The van der Waals surface area contributed by atoms with Gasteiger partial charge >= 0.3 is 12.1 Å². The third-order valence-electron chi connectivity index (χ3n) is 7.34. The third-order valence-corrected chi connectivity index (χ3v) is 7.34. The topological polar surface area (TPSA) is 95.9 Å². The SMILES string of the molecule is CC(C)C(CNC(=O)OCC1c2ccccc2-c2ccccc21)CC(=O)N1CCCC1CC(=O)O. The average molecular weight is 479 g/mol. The lowest BCUT2D eigenvalue weighted by atomic mass is 9.91. The first-order valence-electron chi connectivity index (χ1n) is 12.4. The molecule has 1 saturated heterocycles. The Morgan fingerprint density at radius 3 is 2.29 bits per heavy atom. The van der Waals surface area contributed by atoms with E-state index in [-0.39, 0.29) is 49.2 Å². The smallest absolute Gasteiger partial charge is 0.407 e. The van der Waals surface area contributed by atoms with Gasteiger partial charge in [-0.25, -0.2) is 4.79 Å². The van der Waals surface area contributed by atoms with E-state index in [4.69, 9.17) is 9.84 Å². The summed E-state index contributed by atoms with van der Waals surface area (Å²) >= 11 is 0. The summed E-state index contributed by atoms with van der Waals surface area (Å²) in [4.78, 5) is 38.3. The lowest BCUT2D eigenvalue weighted by molar-refractivity contribution is -0.140. The highest BCUT2D eigenvalue weighted by atomic mass is 16.5. The second-order valence-corrected chi connectivity index (χ2v) is 9.90. The standard InChI is InChI=1S/C28H34N2O5/c1-18(2)19(14-26(31)30-13-7-8-20(30)15-27(32)33)16-29-28(34)35-17-25-23-11-5-3-9-21(23)22-10-4-6-12-24(22)25/h3-6,9-12,18-20,25H,7-8,13-17H2,1-2H3,(H,29,34)(H,32,33). The Labute approximate surface area is 206 Å². The molecule has 2 atom stereocenters. The number of hydrogen-bond donors (Lipinski definition) is 2. The number of carbonyl (C=O) groups is 3. The number of carbonyl (C=O) groups excluding carboxylic acids is 2. The Kier molecular flexibility index (Phi) is 7.73. The molecule has 2 aromatic carbocycles. The van der Waals surface area contributed by atoms with Crippen LogP contribution in [0.2, 0.25) is 0 Å². The van der Waals surface area contributed by atoms with Crippen molar-refractivity contribution in [3.05, 3.63) is 59.7 Å². The lowest BCUT2D eigenvalue weighted by Crippen LogP contribution is -2.40. The number of likely N-dealkylation sites (tertiary alicyclic amines) is 1. The molecule has 2 aromatic rings.